The van der Waals surface area contributed by atoms with Crippen LogP contribution >= 0.6 is 23.4 Å². The fourth-order valence-corrected chi connectivity index (χ4v) is 4.13. The highest BCUT2D eigenvalue weighted by Crippen LogP contribution is 2.26. The summed E-state index contributed by atoms with van der Waals surface area (Å²) >= 11 is 7.19. The van der Waals surface area contributed by atoms with Crippen molar-refractivity contribution in [3.05, 3.63) is 88.8 Å². The van der Waals surface area contributed by atoms with E-state index >= 15 is 0 Å². The van der Waals surface area contributed by atoms with Gasteiger partial charge in [-0.05, 0) is 49.4 Å². The number of nitrogens with one attached hydrogen (secondary N) is 1. The minimum Gasteiger partial charge on any atom is -0.467 e. The molecule has 1 N–H and O–H groups in total. The van der Waals surface area contributed by atoms with E-state index in [0.717, 1.165) is 17.7 Å². The Kier molecular flexibility index (Phi) is 7.10. The number of thioether (sulfide) groups is 1. The first-order valence-corrected chi connectivity index (χ1v) is 11.4. The smallest absolute Gasteiger partial charge is 0.230 e. The molecule has 1 unspecified atom stereocenters. The largest absolute Gasteiger partial charge is 0.467 e. The maximum absolute atomic E-state index is 14.0. The molecule has 4 aromatic rings. The van der Waals surface area contributed by atoms with E-state index in [1.54, 1.807) is 31.4 Å². The number of hydrogen-bond donors (Lipinski definition) is 1. The molecule has 0 fully saturated rings. The van der Waals surface area contributed by atoms with Gasteiger partial charge in [-0.25, -0.2) is 8.78 Å². The molecular formula is C23H19ClF2N4O2S. The zero-order valence-electron chi connectivity index (χ0n) is 17.5. The molecule has 10 heteroatoms. The number of rotatable bonds is 8. The fourth-order valence-electron chi connectivity index (χ4n) is 3.25. The quantitative estimate of drug-likeness (QED) is 0.332. The SMILES string of the molecule is CC(NC(=O)CSc1nnc(-c2ccc(Cl)cc2)n1Cc1ccco1)c1ccc(F)cc1F. The average molecular weight is 489 g/mol. The predicted octanol–water partition coefficient (Wildman–Crippen LogP) is 5.49. The van der Waals surface area contributed by atoms with Crippen molar-refractivity contribution in [2.24, 2.45) is 0 Å². The van der Waals surface area contributed by atoms with E-state index in [1.807, 2.05) is 22.8 Å². The molecular weight excluding hydrogens is 470 g/mol. The highest BCUT2D eigenvalue weighted by molar-refractivity contribution is 7.99. The Morgan fingerprint density at radius 1 is 1.18 bits per heavy atom. The number of halogens is 3. The normalized spacial score (nSPS) is 12.0. The Morgan fingerprint density at radius 3 is 2.67 bits per heavy atom. The summed E-state index contributed by atoms with van der Waals surface area (Å²) in [6.45, 7) is 2.01. The van der Waals surface area contributed by atoms with Crippen molar-refractivity contribution in [2.45, 2.75) is 24.7 Å². The zero-order chi connectivity index (χ0) is 23.4. The molecule has 2 heterocycles. The van der Waals surface area contributed by atoms with E-state index in [0.29, 0.717) is 28.3 Å². The maximum Gasteiger partial charge on any atom is 0.230 e. The van der Waals surface area contributed by atoms with Crippen molar-refractivity contribution in [2.75, 3.05) is 5.75 Å². The van der Waals surface area contributed by atoms with Crippen LogP contribution in [0.25, 0.3) is 11.4 Å². The van der Waals surface area contributed by atoms with Gasteiger partial charge in [0.05, 0.1) is 24.6 Å². The monoisotopic (exact) mass is 488 g/mol. The van der Waals surface area contributed by atoms with Gasteiger partial charge in [-0.2, -0.15) is 0 Å². The molecule has 0 aliphatic carbocycles. The molecule has 0 radical (unpaired) electrons. The van der Waals surface area contributed by atoms with Crippen molar-refractivity contribution >= 4 is 29.3 Å². The van der Waals surface area contributed by atoms with Gasteiger partial charge in [0.1, 0.15) is 17.4 Å². The lowest BCUT2D eigenvalue weighted by Gasteiger charge is -2.15. The summed E-state index contributed by atoms with van der Waals surface area (Å²) in [4.78, 5) is 12.5. The molecule has 0 saturated carbocycles. The summed E-state index contributed by atoms with van der Waals surface area (Å²) < 4.78 is 34.5. The molecule has 0 aliphatic heterocycles. The van der Waals surface area contributed by atoms with E-state index in [4.69, 9.17) is 16.0 Å². The van der Waals surface area contributed by atoms with E-state index in [9.17, 15) is 13.6 Å². The van der Waals surface area contributed by atoms with Gasteiger partial charge in [-0.1, -0.05) is 29.4 Å². The van der Waals surface area contributed by atoms with Crippen LogP contribution < -0.4 is 5.32 Å². The molecule has 0 bridgehead atoms. The molecule has 170 valence electrons. The summed E-state index contributed by atoms with van der Waals surface area (Å²) in [5, 5.41) is 12.4. The molecule has 33 heavy (non-hydrogen) atoms. The van der Waals surface area contributed by atoms with Crippen LogP contribution in [0, 0.1) is 11.6 Å². The molecule has 1 amide bonds. The first-order valence-electron chi connectivity index (χ1n) is 9.99. The maximum atomic E-state index is 14.0. The third kappa shape index (κ3) is 5.61. The predicted molar refractivity (Wildman–Crippen MR) is 122 cm³/mol. The van der Waals surface area contributed by atoms with Crippen LogP contribution in [0.1, 0.15) is 24.3 Å². The summed E-state index contributed by atoms with van der Waals surface area (Å²) in [5.74, 6) is -0.357. The van der Waals surface area contributed by atoms with E-state index in [2.05, 4.69) is 15.5 Å². The summed E-state index contributed by atoms with van der Waals surface area (Å²) in [7, 11) is 0. The first kappa shape index (κ1) is 23.0. The van der Waals surface area contributed by atoms with Crippen LogP contribution in [-0.4, -0.2) is 26.4 Å². The summed E-state index contributed by atoms with van der Waals surface area (Å²) in [5.41, 5.74) is 1.02. The number of aromatic nitrogens is 3. The second-order valence-electron chi connectivity index (χ2n) is 7.22. The number of hydrogen-bond acceptors (Lipinski definition) is 5. The lowest BCUT2D eigenvalue weighted by atomic mass is 10.1. The molecule has 0 spiro atoms. The lowest BCUT2D eigenvalue weighted by Crippen LogP contribution is -2.28. The highest BCUT2D eigenvalue weighted by atomic mass is 35.5. The van der Waals surface area contributed by atoms with Crippen LogP contribution in [0.5, 0.6) is 0 Å². The van der Waals surface area contributed by atoms with E-state index < -0.39 is 17.7 Å². The third-order valence-electron chi connectivity index (χ3n) is 4.85. The van der Waals surface area contributed by atoms with Crippen LogP contribution in [0.2, 0.25) is 5.02 Å². The number of amides is 1. The topological polar surface area (TPSA) is 73.0 Å². The van der Waals surface area contributed by atoms with Crippen molar-refractivity contribution in [3.63, 3.8) is 0 Å². The molecule has 6 nitrogen and oxygen atoms in total. The van der Waals surface area contributed by atoms with Gasteiger partial charge in [-0.3, -0.25) is 9.36 Å². The molecule has 2 aromatic carbocycles. The fraction of sp³-hybridized carbons (Fsp3) is 0.174. The van der Waals surface area contributed by atoms with E-state index in [-0.39, 0.29) is 17.2 Å². The highest BCUT2D eigenvalue weighted by Gasteiger charge is 2.19. The number of carbonyl (C=O) groups is 1. The van der Waals surface area contributed by atoms with Crippen LogP contribution in [0.4, 0.5) is 8.78 Å². The molecule has 4 rings (SSSR count). The van der Waals surface area contributed by atoms with Gasteiger partial charge >= 0.3 is 0 Å². The third-order valence-corrected chi connectivity index (χ3v) is 6.07. The Labute approximate surface area is 198 Å². The van der Waals surface area contributed by atoms with Crippen molar-refractivity contribution in [3.8, 4) is 11.4 Å². The average Bonchev–Trinajstić information content (AvgIpc) is 3.43. The molecule has 0 aliphatic rings. The summed E-state index contributed by atoms with van der Waals surface area (Å²) in [6, 6.07) is 13.5. The van der Waals surface area contributed by atoms with Gasteiger partial charge in [0.2, 0.25) is 5.91 Å². The number of carbonyl (C=O) groups excluding carboxylic acids is 1. The second-order valence-corrected chi connectivity index (χ2v) is 8.60. The number of furan rings is 1. The first-order chi connectivity index (χ1) is 15.9. The second kappa shape index (κ2) is 10.2. The van der Waals surface area contributed by atoms with Crippen LogP contribution in [0.3, 0.4) is 0 Å². The summed E-state index contributed by atoms with van der Waals surface area (Å²) in [6.07, 6.45) is 1.58. The number of nitrogens with zero attached hydrogens (tertiary/aromatic N) is 3. The Morgan fingerprint density at radius 2 is 1.97 bits per heavy atom. The Bertz CT molecular complexity index is 1250. The minimum atomic E-state index is -0.707. The number of benzene rings is 2. The van der Waals surface area contributed by atoms with Gasteiger partial charge in [0.15, 0.2) is 11.0 Å². The molecule has 0 saturated heterocycles. The van der Waals surface area contributed by atoms with E-state index in [1.165, 1.54) is 17.8 Å². The minimum absolute atomic E-state index is 0.0318. The molecule has 2 aromatic heterocycles. The lowest BCUT2D eigenvalue weighted by molar-refractivity contribution is -0.119. The zero-order valence-corrected chi connectivity index (χ0v) is 19.0. The van der Waals surface area contributed by atoms with Gasteiger partial charge in [0.25, 0.3) is 0 Å². The van der Waals surface area contributed by atoms with Gasteiger partial charge < -0.3 is 9.73 Å². The Hall–Kier alpha value is -3.17. The Balaban J connectivity index is 1.49. The van der Waals surface area contributed by atoms with Gasteiger partial charge in [-0.15, -0.1) is 10.2 Å². The standard InChI is InChI=1S/C23H19ClF2N4O2S/c1-14(19-9-8-17(25)11-20(19)26)27-21(31)13-33-23-29-28-22(15-4-6-16(24)7-5-15)30(23)12-18-3-2-10-32-18/h2-11,14H,12-13H2,1H3,(H,27,31). The van der Waals surface area contributed by atoms with Crippen LogP contribution in [0.15, 0.2) is 70.4 Å². The van der Waals surface area contributed by atoms with Crippen molar-refractivity contribution < 1.29 is 18.0 Å². The van der Waals surface area contributed by atoms with Crippen molar-refractivity contribution in [1.29, 1.82) is 0 Å². The van der Waals surface area contributed by atoms with Crippen LogP contribution in [-0.2, 0) is 11.3 Å². The molecule has 1 atom stereocenters. The van der Waals surface area contributed by atoms with Gasteiger partial charge in [0, 0.05) is 22.2 Å². The van der Waals surface area contributed by atoms with Crippen molar-refractivity contribution in [1.82, 2.24) is 20.1 Å².